The molecule has 3 rings (SSSR count). The van der Waals surface area contributed by atoms with Crippen LogP contribution in [0.15, 0.2) is 72.9 Å². The molecule has 5 nitrogen and oxygen atoms in total. The van der Waals surface area contributed by atoms with Crippen molar-refractivity contribution in [3.8, 4) is 23.5 Å². The summed E-state index contributed by atoms with van der Waals surface area (Å²) in [5.74, 6) is 6.83. The van der Waals surface area contributed by atoms with E-state index in [0.717, 1.165) is 18.5 Å². The third-order valence-corrected chi connectivity index (χ3v) is 3.98. The second-order valence-corrected chi connectivity index (χ2v) is 6.09. The van der Waals surface area contributed by atoms with Crippen molar-refractivity contribution in [2.75, 3.05) is 13.1 Å². The lowest BCUT2D eigenvalue weighted by Gasteiger charge is -2.06. The average molecular weight is 371 g/mol. The first kappa shape index (κ1) is 19.2. The summed E-state index contributed by atoms with van der Waals surface area (Å²) in [5.41, 5.74) is 7.77. The molecule has 2 aromatic carbocycles. The lowest BCUT2D eigenvalue weighted by molar-refractivity contribution is 0.1000. The number of aromatic nitrogens is 1. The van der Waals surface area contributed by atoms with Crippen LogP contribution in [-0.4, -0.2) is 24.0 Å². The molecule has 28 heavy (non-hydrogen) atoms. The van der Waals surface area contributed by atoms with Crippen molar-refractivity contribution in [1.29, 1.82) is 0 Å². The zero-order valence-electron chi connectivity index (χ0n) is 15.4. The maximum Gasteiger partial charge on any atom is 0.250 e. The molecule has 0 fully saturated rings. The van der Waals surface area contributed by atoms with E-state index in [-0.39, 0.29) is 0 Å². The van der Waals surface area contributed by atoms with Crippen molar-refractivity contribution < 1.29 is 9.53 Å². The summed E-state index contributed by atoms with van der Waals surface area (Å²) in [5, 5.41) is 3.32. The molecule has 140 valence electrons. The van der Waals surface area contributed by atoms with Gasteiger partial charge in [-0.2, -0.15) is 0 Å². The molecular weight excluding hydrogens is 350 g/mol. The van der Waals surface area contributed by atoms with Gasteiger partial charge in [0, 0.05) is 24.4 Å². The van der Waals surface area contributed by atoms with Crippen molar-refractivity contribution >= 4 is 5.91 Å². The number of carbonyl (C=O) groups is 1. The standard InChI is InChI=1S/C23H21N3O2/c24-23(27)20-10-13-22(26-17-20)28-21-11-8-19(9-12-21)14-16-25-15-4-7-18-5-2-1-3-6-18/h1-3,5-6,8-13,17,25H,14-16H2,(H2,24,27). The Hall–Kier alpha value is -3.62. The zero-order valence-corrected chi connectivity index (χ0v) is 15.4. The molecule has 1 amide bonds. The monoisotopic (exact) mass is 371 g/mol. The topological polar surface area (TPSA) is 77.2 Å². The lowest BCUT2D eigenvalue weighted by atomic mass is 10.1. The van der Waals surface area contributed by atoms with Gasteiger partial charge in [-0.3, -0.25) is 4.79 Å². The number of benzene rings is 2. The summed E-state index contributed by atoms with van der Waals surface area (Å²) in [6.07, 6.45) is 2.30. The van der Waals surface area contributed by atoms with Crippen LogP contribution in [0.25, 0.3) is 0 Å². The van der Waals surface area contributed by atoms with Gasteiger partial charge in [0.15, 0.2) is 0 Å². The van der Waals surface area contributed by atoms with Gasteiger partial charge < -0.3 is 15.8 Å². The van der Waals surface area contributed by atoms with Gasteiger partial charge in [-0.15, -0.1) is 0 Å². The molecule has 0 spiro atoms. The molecule has 1 heterocycles. The first-order chi connectivity index (χ1) is 13.7. The number of hydrogen-bond acceptors (Lipinski definition) is 4. The fraction of sp³-hybridized carbons (Fsp3) is 0.130. The minimum absolute atomic E-state index is 0.351. The predicted octanol–water partition coefficient (Wildman–Crippen LogP) is 3.16. The number of nitrogens with one attached hydrogen (secondary N) is 1. The van der Waals surface area contributed by atoms with Crippen LogP contribution >= 0.6 is 0 Å². The molecule has 0 aliphatic heterocycles. The Balaban J connectivity index is 1.42. The van der Waals surface area contributed by atoms with Gasteiger partial charge in [0.05, 0.1) is 12.1 Å². The molecule has 1 aromatic heterocycles. The highest BCUT2D eigenvalue weighted by molar-refractivity contribution is 5.92. The van der Waals surface area contributed by atoms with Crippen LogP contribution in [-0.2, 0) is 6.42 Å². The minimum atomic E-state index is -0.511. The third kappa shape index (κ3) is 5.97. The number of primary amides is 1. The first-order valence-electron chi connectivity index (χ1n) is 8.98. The van der Waals surface area contributed by atoms with Crippen LogP contribution in [0.3, 0.4) is 0 Å². The molecule has 0 saturated carbocycles. The smallest absolute Gasteiger partial charge is 0.250 e. The fourth-order valence-electron chi connectivity index (χ4n) is 2.48. The number of nitrogens with zero attached hydrogens (tertiary/aromatic N) is 1. The van der Waals surface area contributed by atoms with Crippen molar-refractivity contribution in [2.24, 2.45) is 5.73 Å². The van der Waals surface area contributed by atoms with E-state index in [1.807, 2.05) is 54.6 Å². The highest BCUT2D eigenvalue weighted by Crippen LogP contribution is 2.20. The van der Waals surface area contributed by atoms with E-state index in [2.05, 4.69) is 22.1 Å². The number of carbonyl (C=O) groups excluding carboxylic acids is 1. The van der Waals surface area contributed by atoms with Crippen LogP contribution in [0.5, 0.6) is 11.6 Å². The van der Waals surface area contributed by atoms with Gasteiger partial charge in [-0.25, -0.2) is 4.98 Å². The maximum absolute atomic E-state index is 11.0. The Kier molecular flexibility index (Phi) is 6.78. The third-order valence-electron chi connectivity index (χ3n) is 3.98. The number of rotatable bonds is 7. The van der Waals surface area contributed by atoms with Crippen LogP contribution in [0.2, 0.25) is 0 Å². The van der Waals surface area contributed by atoms with E-state index in [9.17, 15) is 4.79 Å². The Bertz CT molecular complexity index is 957. The molecular formula is C23H21N3O2. The van der Waals surface area contributed by atoms with Crippen LogP contribution in [0.1, 0.15) is 21.5 Å². The van der Waals surface area contributed by atoms with Crippen LogP contribution in [0, 0.1) is 11.8 Å². The quantitative estimate of drug-likeness (QED) is 0.494. The fourth-order valence-corrected chi connectivity index (χ4v) is 2.48. The molecule has 0 saturated heterocycles. The molecule has 0 bridgehead atoms. The van der Waals surface area contributed by atoms with E-state index in [4.69, 9.17) is 10.5 Å². The normalized spacial score (nSPS) is 10.0. The molecule has 3 N–H and O–H groups in total. The van der Waals surface area contributed by atoms with Crippen molar-refractivity contribution in [3.05, 3.63) is 89.6 Å². The maximum atomic E-state index is 11.0. The molecule has 0 radical (unpaired) electrons. The van der Waals surface area contributed by atoms with Crippen LogP contribution < -0.4 is 15.8 Å². The van der Waals surface area contributed by atoms with Crippen molar-refractivity contribution in [3.63, 3.8) is 0 Å². The molecule has 0 aliphatic rings. The second kappa shape index (κ2) is 9.91. The van der Waals surface area contributed by atoms with Gasteiger partial charge in [-0.1, -0.05) is 42.2 Å². The molecule has 5 heteroatoms. The van der Waals surface area contributed by atoms with Gasteiger partial charge >= 0.3 is 0 Å². The van der Waals surface area contributed by atoms with Crippen molar-refractivity contribution in [1.82, 2.24) is 10.3 Å². The van der Waals surface area contributed by atoms with Gasteiger partial charge in [0.2, 0.25) is 11.8 Å². The Morgan fingerprint density at radius 2 is 1.82 bits per heavy atom. The summed E-state index contributed by atoms with van der Waals surface area (Å²) in [7, 11) is 0. The summed E-state index contributed by atoms with van der Waals surface area (Å²) >= 11 is 0. The molecule has 0 atom stereocenters. The minimum Gasteiger partial charge on any atom is -0.439 e. The zero-order chi connectivity index (χ0) is 19.6. The lowest BCUT2D eigenvalue weighted by Crippen LogP contribution is -2.17. The summed E-state index contributed by atoms with van der Waals surface area (Å²) < 4.78 is 5.67. The molecule has 3 aromatic rings. The highest BCUT2D eigenvalue weighted by Gasteiger charge is 2.03. The number of amides is 1. The summed E-state index contributed by atoms with van der Waals surface area (Å²) in [4.78, 5) is 15.1. The number of nitrogens with two attached hydrogens (primary N) is 1. The molecule has 0 unspecified atom stereocenters. The Morgan fingerprint density at radius 3 is 2.50 bits per heavy atom. The van der Waals surface area contributed by atoms with E-state index in [1.165, 1.54) is 11.8 Å². The number of pyridine rings is 1. The van der Waals surface area contributed by atoms with E-state index in [1.54, 1.807) is 12.1 Å². The Labute approximate surface area is 164 Å². The predicted molar refractivity (Wildman–Crippen MR) is 109 cm³/mol. The van der Waals surface area contributed by atoms with Crippen LogP contribution in [0.4, 0.5) is 0 Å². The Morgan fingerprint density at radius 1 is 1.04 bits per heavy atom. The second-order valence-electron chi connectivity index (χ2n) is 6.09. The van der Waals surface area contributed by atoms with E-state index >= 15 is 0 Å². The van der Waals surface area contributed by atoms with Gasteiger partial charge in [0.25, 0.3) is 0 Å². The summed E-state index contributed by atoms with van der Waals surface area (Å²) in [6, 6.07) is 21.0. The van der Waals surface area contributed by atoms with Crippen molar-refractivity contribution in [2.45, 2.75) is 6.42 Å². The van der Waals surface area contributed by atoms with E-state index < -0.39 is 5.91 Å². The summed E-state index contributed by atoms with van der Waals surface area (Å²) in [6.45, 7) is 1.50. The van der Waals surface area contributed by atoms with Gasteiger partial charge in [0.1, 0.15) is 5.75 Å². The SMILES string of the molecule is NC(=O)c1ccc(Oc2ccc(CCNCC#Cc3ccccc3)cc2)nc1. The average Bonchev–Trinajstić information content (AvgIpc) is 2.73. The number of ether oxygens (including phenoxy) is 1. The largest absolute Gasteiger partial charge is 0.439 e. The number of hydrogen-bond donors (Lipinski definition) is 2. The molecule has 0 aliphatic carbocycles. The highest BCUT2D eigenvalue weighted by atomic mass is 16.5. The van der Waals surface area contributed by atoms with E-state index in [0.29, 0.717) is 23.7 Å². The first-order valence-corrected chi connectivity index (χ1v) is 8.98. The van der Waals surface area contributed by atoms with Gasteiger partial charge in [-0.05, 0) is 42.3 Å².